The summed E-state index contributed by atoms with van der Waals surface area (Å²) in [6.07, 6.45) is 2.51. The number of hydrogen-bond acceptors (Lipinski definition) is 4. The van der Waals surface area contributed by atoms with E-state index in [2.05, 4.69) is 10.3 Å². The Balaban J connectivity index is 2.17. The summed E-state index contributed by atoms with van der Waals surface area (Å²) in [4.78, 5) is 27.2. The van der Waals surface area contributed by atoms with E-state index in [1.54, 1.807) is 27.7 Å². The van der Waals surface area contributed by atoms with Crippen molar-refractivity contribution < 1.29 is 4.79 Å². The Kier molecular flexibility index (Phi) is 3.88. The molecule has 94 valence electrons. The summed E-state index contributed by atoms with van der Waals surface area (Å²) in [5, 5.41) is 4.39. The number of aromatic nitrogens is 2. The Morgan fingerprint density at radius 1 is 1.50 bits per heavy atom. The van der Waals surface area contributed by atoms with Crippen molar-refractivity contribution in [2.45, 2.75) is 19.9 Å². The van der Waals surface area contributed by atoms with Crippen molar-refractivity contribution in [3.63, 3.8) is 0 Å². The van der Waals surface area contributed by atoms with Gasteiger partial charge in [-0.2, -0.15) is 0 Å². The summed E-state index contributed by atoms with van der Waals surface area (Å²) < 4.78 is 1.58. The molecule has 0 aliphatic heterocycles. The number of nitrogens with one attached hydrogen (secondary N) is 1. The van der Waals surface area contributed by atoms with Crippen LogP contribution in [0.3, 0.4) is 0 Å². The van der Waals surface area contributed by atoms with Gasteiger partial charge in [0, 0.05) is 24.2 Å². The van der Waals surface area contributed by atoms with Crippen LogP contribution in [-0.4, -0.2) is 15.5 Å². The molecule has 1 amide bonds. The maximum atomic E-state index is 11.8. The van der Waals surface area contributed by atoms with Crippen LogP contribution in [-0.2, 0) is 6.54 Å². The lowest BCUT2D eigenvalue weighted by Gasteiger charge is -2.07. The number of amides is 1. The summed E-state index contributed by atoms with van der Waals surface area (Å²) in [6.45, 7) is 2.63. The molecule has 0 saturated heterocycles. The summed E-state index contributed by atoms with van der Waals surface area (Å²) in [5.74, 6) is -0.266. The lowest BCUT2D eigenvalue weighted by atomic mass is 10.3. The van der Waals surface area contributed by atoms with Gasteiger partial charge in [0.25, 0.3) is 11.5 Å². The van der Waals surface area contributed by atoms with Crippen molar-refractivity contribution in [1.29, 1.82) is 0 Å². The molecule has 1 N–H and O–H groups in total. The second kappa shape index (κ2) is 5.59. The zero-order valence-corrected chi connectivity index (χ0v) is 10.7. The molecule has 0 aliphatic carbocycles. The SMILES string of the molecule is CCCn1cc(NC(=O)c2cscn2)ccc1=O. The number of anilines is 1. The third kappa shape index (κ3) is 2.84. The summed E-state index contributed by atoms with van der Waals surface area (Å²) in [6, 6.07) is 3.05. The van der Waals surface area contributed by atoms with Crippen molar-refractivity contribution in [2.75, 3.05) is 5.32 Å². The first-order valence-corrected chi connectivity index (χ1v) is 6.55. The molecule has 0 atom stereocenters. The molecule has 2 heterocycles. The minimum absolute atomic E-state index is 0.0662. The molecule has 2 aromatic rings. The van der Waals surface area contributed by atoms with E-state index < -0.39 is 0 Å². The molecule has 0 bridgehead atoms. The number of rotatable bonds is 4. The van der Waals surface area contributed by atoms with Crippen LogP contribution < -0.4 is 10.9 Å². The fourth-order valence-corrected chi connectivity index (χ4v) is 2.07. The lowest BCUT2D eigenvalue weighted by molar-refractivity contribution is 0.102. The van der Waals surface area contributed by atoms with Gasteiger partial charge in [0.05, 0.1) is 11.2 Å². The second-order valence-electron chi connectivity index (χ2n) is 3.78. The van der Waals surface area contributed by atoms with Gasteiger partial charge in [0.2, 0.25) is 0 Å². The normalized spacial score (nSPS) is 10.3. The number of thiazole rings is 1. The zero-order valence-electron chi connectivity index (χ0n) is 9.92. The Labute approximate surface area is 108 Å². The number of nitrogens with zero attached hydrogens (tertiary/aromatic N) is 2. The quantitative estimate of drug-likeness (QED) is 0.917. The number of carbonyl (C=O) groups excluding carboxylic acids is 1. The van der Waals surface area contributed by atoms with Gasteiger partial charge in [-0.15, -0.1) is 11.3 Å². The minimum Gasteiger partial charge on any atom is -0.319 e. The van der Waals surface area contributed by atoms with E-state index in [1.807, 2.05) is 6.92 Å². The highest BCUT2D eigenvalue weighted by Gasteiger charge is 2.08. The number of carbonyl (C=O) groups is 1. The van der Waals surface area contributed by atoms with Crippen LogP contribution in [0.5, 0.6) is 0 Å². The fourth-order valence-electron chi connectivity index (χ4n) is 1.54. The third-order valence-corrected chi connectivity index (χ3v) is 2.96. The molecular weight excluding hydrogens is 250 g/mol. The highest BCUT2D eigenvalue weighted by molar-refractivity contribution is 7.07. The van der Waals surface area contributed by atoms with Gasteiger partial charge >= 0.3 is 0 Å². The highest BCUT2D eigenvalue weighted by Crippen LogP contribution is 2.08. The molecule has 5 nitrogen and oxygen atoms in total. The lowest BCUT2D eigenvalue weighted by Crippen LogP contribution is -2.20. The summed E-state index contributed by atoms with van der Waals surface area (Å²) in [5.41, 5.74) is 2.52. The summed E-state index contributed by atoms with van der Waals surface area (Å²) >= 11 is 1.37. The Bertz CT molecular complexity index is 590. The molecule has 0 fully saturated rings. The molecule has 0 aliphatic rings. The third-order valence-electron chi connectivity index (χ3n) is 2.37. The van der Waals surface area contributed by atoms with Gasteiger partial charge in [-0.3, -0.25) is 9.59 Å². The van der Waals surface area contributed by atoms with Crippen LogP contribution >= 0.6 is 11.3 Å². The number of aryl methyl sites for hydroxylation is 1. The van der Waals surface area contributed by atoms with E-state index in [4.69, 9.17) is 0 Å². The van der Waals surface area contributed by atoms with Gasteiger partial charge in [-0.05, 0) is 12.5 Å². The van der Waals surface area contributed by atoms with Crippen LogP contribution in [0.15, 0.2) is 34.0 Å². The molecule has 2 aromatic heterocycles. The molecule has 0 aromatic carbocycles. The van der Waals surface area contributed by atoms with Crippen LogP contribution in [0.1, 0.15) is 23.8 Å². The second-order valence-corrected chi connectivity index (χ2v) is 4.50. The first-order valence-electron chi connectivity index (χ1n) is 5.60. The van der Waals surface area contributed by atoms with Crippen molar-refractivity contribution in [2.24, 2.45) is 0 Å². The van der Waals surface area contributed by atoms with E-state index in [-0.39, 0.29) is 11.5 Å². The van der Waals surface area contributed by atoms with Crippen LogP contribution in [0.25, 0.3) is 0 Å². The molecule has 0 spiro atoms. The average Bonchev–Trinajstić information content (AvgIpc) is 2.87. The van der Waals surface area contributed by atoms with E-state index in [1.165, 1.54) is 17.4 Å². The van der Waals surface area contributed by atoms with Gasteiger partial charge in [0.1, 0.15) is 5.69 Å². The maximum Gasteiger partial charge on any atom is 0.275 e. The summed E-state index contributed by atoms with van der Waals surface area (Å²) in [7, 11) is 0. The predicted octanol–water partition coefficient (Wildman–Crippen LogP) is 1.97. The Hall–Kier alpha value is -1.95. The topological polar surface area (TPSA) is 64.0 Å². The standard InChI is InChI=1S/C12H13N3O2S/c1-2-5-15-6-9(3-4-11(15)16)14-12(17)10-7-18-8-13-10/h3-4,6-8H,2,5H2,1H3,(H,14,17). The molecular formula is C12H13N3O2S. The van der Waals surface area contributed by atoms with E-state index in [0.29, 0.717) is 17.9 Å². The highest BCUT2D eigenvalue weighted by atomic mass is 32.1. The Morgan fingerprint density at radius 3 is 3.00 bits per heavy atom. The molecule has 0 saturated carbocycles. The Morgan fingerprint density at radius 2 is 2.33 bits per heavy atom. The maximum absolute atomic E-state index is 11.8. The van der Waals surface area contributed by atoms with E-state index in [9.17, 15) is 9.59 Å². The number of hydrogen-bond donors (Lipinski definition) is 1. The zero-order chi connectivity index (χ0) is 13.0. The van der Waals surface area contributed by atoms with Crippen LogP contribution in [0.2, 0.25) is 0 Å². The van der Waals surface area contributed by atoms with Crippen molar-refractivity contribution in [3.05, 3.63) is 45.3 Å². The minimum atomic E-state index is -0.266. The molecule has 0 radical (unpaired) electrons. The van der Waals surface area contributed by atoms with Gasteiger partial charge in [-0.1, -0.05) is 6.92 Å². The largest absolute Gasteiger partial charge is 0.319 e. The molecule has 6 heteroatoms. The smallest absolute Gasteiger partial charge is 0.275 e. The molecule has 0 unspecified atom stereocenters. The molecule has 2 rings (SSSR count). The first-order chi connectivity index (χ1) is 8.70. The van der Waals surface area contributed by atoms with Crippen molar-refractivity contribution >= 4 is 22.9 Å². The average molecular weight is 263 g/mol. The monoisotopic (exact) mass is 263 g/mol. The predicted molar refractivity (Wildman–Crippen MR) is 71.1 cm³/mol. The van der Waals surface area contributed by atoms with Gasteiger partial charge in [0.15, 0.2) is 0 Å². The van der Waals surface area contributed by atoms with Crippen LogP contribution in [0, 0.1) is 0 Å². The fraction of sp³-hybridized carbons (Fsp3) is 0.250. The van der Waals surface area contributed by atoms with Crippen LogP contribution in [0.4, 0.5) is 5.69 Å². The van der Waals surface area contributed by atoms with Gasteiger partial charge in [-0.25, -0.2) is 4.98 Å². The first kappa shape index (κ1) is 12.5. The van der Waals surface area contributed by atoms with Crippen molar-refractivity contribution in [3.8, 4) is 0 Å². The van der Waals surface area contributed by atoms with Crippen molar-refractivity contribution in [1.82, 2.24) is 9.55 Å². The van der Waals surface area contributed by atoms with E-state index >= 15 is 0 Å². The van der Waals surface area contributed by atoms with Gasteiger partial charge < -0.3 is 9.88 Å². The number of pyridine rings is 1. The molecule has 18 heavy (non-hydrogen) atoms. The van der Waals surface area contributed by atoms with E-state index in [0.717, 1.165) is 6.42 Å².